The van der Waals surface area contributed by atoms with Crippen LogP contribution in [0.5, 0.6) is 5.75 Å². The summed E-state index contributed by atoms with van der Waals surface area (Å²) in [6, 6.07) is 7.50. The summed E-state index contributed by atoms with van der Waals surface area (Å²) in [5, 5.41) is 14.8. The van der Waals surface area contributed by atoms with E-state index in [2.05, 4.69) is 9.78 Å². The van der Waals surface area contributed by atoms with Crippen molar-refractivity contribution in [3.05, 3.63) is 41.7 Å². The van der Waals surface area contributed by atoms with Gasteiger partial charge >= 0.3 is 5.97 Å². The molecule has 6 heteroatoms. The van der Waals surface area contributed by atoms with Gasteiger partial charge in [0, 0.05) is 23.9 Å². The number of fused-ring (bicyclic) bond motifs is 1. The zero-order valence-corrected chi connectivity index (χ0v) is 15.1. The Morgan fingerprint density at radius 3 is 2.85 bits per heavy atom. The van der Waals surface area contributed by atoms with E-state index in [4.69, 9.17) is 4.74 Å². The molecule has 1 aliphatic heterocycles. The van der Waals surface area contributed by atoms with Gasteiger partial charge in [0.2, 0.25) is 0 Å². The molecule has 1 aliphatic carbocycles. The molecule has 1 fully saturated rings. The maximum Gasteiger partial charge on any atom is 0.328 e. The minimum Gasteiger partial charge on any atom is -0.508 e. The maximum absolute atomic E-state index is 12.4. The van der Waals surface area contributed by atoms with Crippen LogP contribution in [0.3, 0.4) is 0 Å². The van der Waals surface area contributed by atoms with Gasteiger partial charge in [0.15, 0.2) is 0 Å². The third-order valence-electron chi connectivity index (χ3n) is 5.69. The van der Waals surface area contributed by atoms with Crippen LogP contribution in [0.1, 0.15) is 49.4 Å². The number of anilines is 1. The molecule has 0 bridgehead atoms. The second-order valence-corrected chi connectivity index (χ2v) is 7.20. The summed E-state index contributed by atoms with van der Waals surface area (Å²) in [4.78, 5) is 14.4. The largest absolute Gasteiger partial charge is 0.508 e. The van der Waals surface area contributed by atoms with E-state index in [0.717, 1.165) is 29.8 Å². The number of phenolic OH excluding ortho intramolecular Hbond substituents is 1. The van der Waals surface area contributed by atoms with Crippen molar-refractivity contribution in [2.24, 2.45) is 0 Å². The number of benzene rings is 1. The molecule has 2 heterocycles. The molecular weight excluding hydrogens is 330 g/mol. The lowest BCUT2D eigenvalue weighted by atomic mass is 9.95. The van der Waals surface area contributed by atoms with Crippen molar-refractivity contribution in [1.29, 1.82) is 0 Å². The molecule has 0 radical (unpaired) electrons. The Balaban J connectivity index is 1.65. The van der Waals surface area contributed by atoms with Crippen molar-refractivity contribution in [2.75, 3.05) is 12.0 Å². The number of aromatic nitrogens is 2. The number of esters is 1. The standard InChI is InChI=1S/C20H25N3O3/c1-26-20(25)18-12-16-17(8-5-9-19(16)24)22(18)13-15-10-11-21-23(15)14-6-3-2-4-7-14/h5,8-11,14,18,24H,2-4,6-7,12-13H2,1H3. The third kappa shape index (κ3) is 2.93. The summed E-state index contributed by atoms with van der Waals surface area (Å²) < 4.78 is 7.15. The van der Waals surface area contributed by atoms with Crippen LogP contribution in [0.15, 0.2) is 30.5 Å². The van der Waals surface area contributed by atoms with Gasteiger partial charge in [-0.3, -0.25) is 4.68 Å². The fraction of sp³-hybridized carbons (Fsp3) is 0.500. The maximum atomic E-state index is 12.4. The summed E-state index contributed by atoms with van der Waals surface area (Å²) in [7, 11) is 1.41. The lowest BCUT2D eigenvalue weighted by Crippen LogP contribution is -2.39. The van der Waals surface area contributed by atoms with Crippen LogP contribution in [0, 0.1) is 0 Å². The van der Waals surface area contributed by atoms with Gasteiger partial charge in [0.05, 0.1) is 25.4 Å². The number of ether oxygens (including phenoxy) is 1. The van der Waals surface area contributed by atoms with Gasteiger partial charge in [0.25, 0.3) is 0 Å². The van der Waals surface area contributed by atoms with Gasteiger partial charge in [-0.25, -0.2) is 4.79 Å². The van der Waals surface area contributed by atoms with Gasteiger partial charge < -0.3 is 14.7 Å². The number of phenols is 1. The Hall–Kier alpha value is -2.50. The molecule has 4 rings (SSSR count). The van der Waals surface area contributed by atoms with E-state index in [1.807, 2.05) is 29.3 Å². The highest BCUT2D eigenvalue weighted by Gasteiger charge is 2.37. The van der Waals surface area contributed by atoms with E-state index < -0.39 is 6.04 Å². The first-order chi connectivity index (χ1) is 12.7. The van der Waals surface area contributed by atoms with E-state index in [1.165, 1.54) is 26.4 Å². The Morgan fingerprint density at radius 2 is 2.08 bits per heavy atom. The Kier molecular flexibility index (Phi) is 4.57. The average molecular weight is 355 g/mol. The highest BCUT2D eigenvalue weighted by atomic mass is 16.5. The SMILES string of the molecule is COC(=O)C1Cc2c(O)cccc2N1Cc1ccnn1C1CCCCC1. The molecule has 0 amide bonds. The highest BCUT2D eigenvalue weighted by Crippen LogP contribution is 2.39. The topological polar surface area (TPSA) is 67.6 Å². The Bertz CT molecular complexity index is 795. The summed E-state index contributed by atoms with van der Waals surface area (Å²) in [5.41, 5.74) is 2.81. The smallest absolute Gasteiger partial charge is 0.328 e. The van der Waals surface area contributed by atoms with Gasteiger partial charge in [-0.2, -0.15) is 5.10 Å². The van der Waals surface area contributed by atoms with Crippen LogP contribution < -0.4 is 4.90 Å². The lowest BCUT2D eigenvalue weighted by Gasteiger charge is -2.28. The number of aromatic hydroxyl groups is 1. The Morgan fingerprint density at radius 1 is 1.27 bits per heavy atom. The number of carbonyl (C=O) groups is 1. The van der Waals surface area contributed by atoms with Crippen LogP contribution in [-0.4, -0.2) is 34.0 Å². The number of carbonyl (C=O) groups excluding carboxylic acids is 1. The minimum atomic E-state index is -0.419. The van der Waals surface area contributed by atoms with E-state index in [0.29, 0.717) is 19.0 Å². The van der Waals surface area contributed by atoms with Crippen molar-refractivity contribution < 1.29 is 14.6 Å². The van der Waals surface area contributed by atoms with E-state index in [-0.39, 0.29) is 11.7 Å². The summed E-state index contributed by atoms with van der Waals surface area (Å²) in [5.74, 6) is -0.0379. The molecule has 0 saturated heterocycles. The van der Waals surface area contributed by atoms with E-state index in [9.17, 15) is 9.90 Å². The molecular formula is C20H25N3O3. The predicted molar refractivity (Wildman–Crippen MR) is 98.1 cm³/mol. The first-order valence-corrected chi connectivity index (χ1v) is 9.36. The number of rotatable bonds is 4. The molecule has 2 aromatic rings. The van der Waals surface area contributed by atoms with Crippen molar-refractivity contribution in [2.45, 2.75) is 57.2 Å². The van der Waals surface area contributed by atoms with Crippen LogP contribution in [-0.2, 0) is 22.5 Å². The van der Waals surface area contributed by atoms with Crippen LogP contribution in [0.2, 0.25) is 0 Å². The molecule has 1 atom stereocenters. The van der Waals surface area contributed by atoms with Crippen molar-refractivity contribution in [3.8, 4) is 5.75 Å². The van der Waals surface area contributed by atoms with Crippen LogP contribution in [0.4, 0.5) is 5.69 Å². The molecule has 26 heavy (non-hydrogen) atoms. The molecule has 0 spiro atoms. The summed E-state index contributed by atoms with van der Waals surface area (Å²) in [6.07, 6.45) is 8.42. The second kappa shape index (κ2) is 7.02. The fourth-order valence-corrected chi connectivity index (χ4v) is 4.35. The monoisotopic (exact) mass is 355 g/mol. The molecule has 1 aromatic carbocycles. The first-order valence-electron chi connectivity index (χ1n) is 9.36. The lowest BCUT2D eigenvalue weighted by molar-refractivity contribution is -0.142. The Labute approximate surface area is 153 Å². The van der Waals surface area contributed by atoms with Gasteiger partial charge in [-0.15, -0.1) is 0 Å². The van der Waals surface area contributed by atoms with Crippen molar-refractivity contribution in [3.63, 3.8) is 0 Å². The van der Waals surface area contributed by atoms with Crippen LogP contribution in [0.25, 0.3) is 0 Å². The number of hydrogen-bond acceptors (Lipinski definition) is 5. The van der Waals surface area contributed by atoms with Crippen molar-refractivity contribution >= 4 is 11.7 Å². The summed E-state index contributed by atoms with van der Waals surface area (Å²) >= 11 is 0. The molecule has 6 nitrogen and oxygen atoms in total. The number of hydrogen-bond donors (Lipinski definition) is 1. The number of nitrogens with zero attached hydrogens (tertiary/aromatic N) is 3. The zero-order chi connectivity index (χ0) is 18.1. The predicted octanol–water partition coefficient (Wildman–Crippen LogP) is 3.20. The molecule has 1 aromatic heterocycles. The highest BCUT2D eigenvalue weighted by molar-refractivity contribution is 5.84. The average Bonchev–Trinajstić information content (AvgIpc) is 3.28. The number of methoxy groups -OCH3 is 1. The molecule has 1 saturated carbocycles. The molecule has 1 N–H and O–H groups in total. The van der Waals surface area contributed by atoms with Gasteiger partial charge in [-0.05, 0) is 31.0 Å². The van der Waals surface area contributed by atoms with Gasteiger partial charge in [-0.1, -0.05) is 25.3 Å². The fourth-order valence-electron chi connectivity index (χ4n) is 4.35. The third-order valence-corrected chi connectivity index (χ3v) is 5.69. The van der Waals surface area contributed by atoms with E-state index in [1.54, 1.807) is 6.07 Å². The molecule has 138 valence electrons. The molecule has 1 unspecified atom stereocenters. The summed E-state index contributed by atoms with van der Waals surface area (Å²) in [6.45, 7) is 0.576. The molecule has 2 aliphatic rings. The minimum absolute atomic E-state index is 0.236. The van der Waals surface area contributed by atoms with E-state index >= 15 is 0 Å². The van der Waals surface area contributed by atoms with Crippen molar-refractivity contribution in [1.82, 2.24) is 9.78 Å². The first kappa shape index (κ1) is 16.9. The second-order valence-electron chi connectivity index (χ2n) is 7.20. The van der Waals surface area contributed by atoms with Gasteiger partial charge in [0.1, 0.15) is 11.8 Å². The quantitative estimate of drug-likeness (QED) is 0.853. The normalized spacial score (nSPS) is 20.2. The zero-order valence-electron chi connectivity index (χ0n) is 15.1. The van der Waals surface area contributed by atoms with Crippen LogP contribution >= 0.6 is 0 Å².